The summed E-state index contributed by atoms with van der Waals surface area (Å²) in [4.78, 5) is 0. The van der Waals surface area contributed by atoms with Gasteiger partial charge in [-0.05, 0) is 77.6 Å². The summed E-state index contributed by atoms with van der Waals surface area (Å²) in [5, 5.41) is 0. The summed E-state index contributed by atoms with van der Waals surface area (Å²) in [6, 6.07) is 18.6. The van der Waals surface area contributed by atoms with Crippen LogP contribution in [0.1, 0.15) is 104 Å². The van der Waals surface area contributed by atoms with Gasteiger partial charge < -0.3 is 0 Å². The minimum absolute atomic E-state index is 0.502. The monoisotopic (exact) mass is 488 g/mol. The second-order valence-electron chi connectivity index (χ2n) is 11.1. The van der Waals surface area contributed by atoms with Gasteiger partial charge >= 0.3 is 0 Å². The van der Waals surface area contributed by atoms with Gasteiger partial charge in [-0.1, -0.05) is 62.8 Å². The zero-order valence-electron chi connectivity index (χ0n) is 23.2. The fourth-order valence-electron chi connectivity index (χ4n) is 5.56. The van der Waals surface area contributed by atoms with Gasteiger partial charge in [-0.3, -0.25) is 0 Å². The van der Waals surface area contributed by atoms with Crippen molar-refractivity contribution in [2.24, 2.45) is 0 Å². The molecule has 2 heterocycles. The summed E-state index contributed by atoms with van der Waals surface area (Å²) >= 11 is 0. The number of aromatic nitrogens is 4. The first kappa shape index (κ1) is 26.4. The summed E-state index contributed by atoms with van der Waals surface area (Å²) in [7, 11) is 0. The molecule has 0 amide bonds. The summed E-state index contributed by atoms with van der Waals surface area (Å²) < 4.78 is 9.71. The normalized spacial score (nSPS) is 12.1. The van der Waals surface area contributed by atoms with E-state index in [1.54, 1.807) is 0 Å². The van der Waals surface area contributed by atoms with Crippen molar-refractivity contribution in [3.8, 4) is 0 Å². The first-order chi connectivity index (χ1) is 17.6. The molecule has 2 aromatic carbocycles. The second-order valence-corrected chi connectivity index (χ2v) is 11.1. The van der Waals surface area contributed by atoms with Crippen LogP contribution in [0.5, 0.6) is 0 Å². The lowest BCUT2D eigenvalue weighted by Gasteiger charge is -2.03. The molecule has 4 heteroatoms. The van der Waals surface area contributed by atoms with Gasteiger partial charge in [-0.2, -0.15) is 0 Å². The van der Waals surface area contributed by atoms with Crippen LogP contribution in [-0.4, -0.2) is 9.13 Å². The molecule has 4 nitrogen and oxygen atoms in total. The molecule has 0 atom stereocenters. The Labute approximate surface area is 218 Å². The van der Waals surface area contributed by atoms with Crippen molar-refractivity contribution in [3.05, 3.63) is 61.2 Å². The van der Waals surface area contributed by atoms with Crippen LogP contribution < -0.4 is 9.13 Å². The molecule has 0 spiro atoms. The van der Waals surface area contributed by atoms with Crippen LogP contribution in [0.15, 0.2) is 61.2 Å². The number of para-hydroxylation sites is 4. The lowest BCUT2D eigenvalue weighted by molar-refractivity contribution is -0.673. The van der Waals surface area contributed by atoms with E-state index in [1.165, 1.54) is 86.3 Å². The summed E-state index contributed by atoms with van der Waals surface area (Å²) in [5.74, 6) is 0. The number of hydrogen-bond donors (Lipinski definition) is 0. The smallest absolute Gasteiger partial charge is 0.230 e. The SMILES string of the molecule is CC(C)n1c[n+](CCCCCCCCCCCC[n+]2cn(C(C)C)c3ccccc32)c2ccccc21. The molecule has 0 radical (unpaired) electrons. The van der Waals surface area contributed by atoms with Gasteiger partial charge in [0, 0.05) is 0 Å². The van der Waals surface area contributed by atoms with E-state index in [9.17, 15) is 0 Å². The summed E-state index contributed by atoms with van der Waals surface area (Å²) in [6.07, 6.45) is 18.2. The standard InChI is InChI=1S/C32H48N4/c1-27(2)35-25-33(29-19-13-15-21-31(29)35)23-17-11-9-7-5-6-8-10-12-18-24-34-26-36(28(3)4)32-22-16-14-20-30(32)34/h13-16,19-22,25-28H,5-12,17-18,23-24H2,1-4H3/q+2. The average Bonchev–Trinajstić information content (AvgIpc) is 3.44. The average molecular weight is 489 g/mol. The highest BCUT2D eigenvalue weighted by Crippen LogP contribution is 2.18. The Kier molecular flexibility index (Phi) is 9.60. The Balaban J connectivity index is 1.06. The van der Waals surface area contributed by atoms with Crippen LogP contribution in [0.4, 0.5) is 0 Å². The lowest BCUT2D eigenvalue weighted by atomic mass is 10.1. The maximum Gasteiger partial charge on any atom is 0.244 e. The van der Waals surface area contributed by atoms with Gasteiger partial charge in [0.1, 0.15) is 0 Å². The van der Waals surface area contributed by atoms with E-state index in [4.69, 9.17) is 0 Å². The molecule has 36 heavy (non-hydrogen) atoms. The molecule has 0 saturated carbocycles. The Morgan fingerprint density at radius 1 is 0.500 bits per heavy atom. The first-order valence-electron chi connectivity index (χ1n) is 14.5. The van der Waals surface area contributed by atoms with Gasteiger partial charge in [0.2, 0.25) is 12.7 Å². The Morgan fingerprint density at radius 2 is 0.833 bits per heavy atom. The minimum Gasteiger partial charge on any atom is -0.230 e. The predicted octanol–water partition coefficient (Wildman–Crippen LogP) is 7.93. The van der Waals surface area contributed by atoms with E-state index in [0.717, 1.165) is 13.1 Å². The van der Waals surface area contributed by atoms with Crippen molar-refractivity contribution >= 4 is 22.1 Å². The molecule has 0 unspecified atom stereocenters. The summed E-state index contributed by atoms with van der Waals surface area (Å²) in [5.41, 5.74) is 5.45. The number of fused-ring (bicyclic) bond motifs is 2. The molecule has 0 aliphatic heterocycles. The maximum absolute atomic E-state index is 2.45. The number of aryl methyl sites for hydroxylation is 2. The van der Waals surface area contributed by atoms with Crippen molar-refractivity contribution < 1.29 is 9.13 Å². The number of imidazole rings is 2. The van der Waals surface area contributed by atoms with Crippen molar-refractivity contribution in [1.82, 2.24) is 9.13 Å². The third kappa shape index (κ3) is 6.57. The zero-order chi connectivity index (χ0) is 25.3. The van der Waals surface area contributed by atoms with Gasteiger partial charge in [-0.15, -0.1) is 0 Å². The van der Waals surface area contributed by atoms with Crippen molar-refractivity contribution in [3.63, 3.8) is 0 Å². The fourth-order valence-corrected chi connectivity index (χ4v) is 5.56. The highest BCUT2D eigenvalue weighted by molar-refractivity contribution is 5.72. The third-order valence-electron chi connectivity index (χ3n) is 7.63. The second kappa shape index (κ2) is 13.1. The van der Waals surface area contributed by atoms with Crippen LogP contribution in [0.2, 0.25) is 0 Å². The fraction of sp³-hybridized carbons (Fsp3) is 0.562. The molecule has 0 N–H and O–H groups in total. The number of rotatable bonds is 15. The third-order valence-corrected chi connectivity index (χ3v) is 7.63. The van der Waals surface area contributed by atoms with Crippen molar-refractivity contribution in [2.45, 2.75) is 117 Å². The predicted molar refractivity (Wildman–Crippen MR) is 151 cm³/mol. The molecule has 4 rings (SSSR count). The highest BCUT2D eigenvalue weighted by Gasteiger charge is 2.17. The summed E-state index contributed by atoms with van der Waals surface area (Å²) in [6.45, 7) is 11.3. The Bertz CT molecular complexity index is 1120. The molecule has 0 saturated heterocycles. The van der Waals surface area contributed by atoms with E-state index in [1.807, 2.05) is 0 Å². The first-order valence-corrected chi connectivity index (χ1v) is 14.5. The Hall–Kier alpha value is -2.62. The van der Waals surface area contributed by atoms with E-state index in [-0.39, 0.29) is 0 Å². The Morgan fingerprint density at radius 3 is 1.19 bits per heavy atom. The number of unbranched alkanes of at least 4 members (excludes halogenated alkanes) is 9. The van der Waals surface area contributed by atoms with Gasteiger partial charge in [-0.25, -0.2) is 18.3 Å². The van der Waals surface area contributed by atoms with E-state index >= 15 is 0 Å². The molecule has 0 fully saturated rings. The maximum atomic E-state index is 2.45. The molecule has 0 aliphatic carbocycles. The molecule has 0 bridgehead atoms. The van der Waals surface area contributed by atoms with Crippen LogP contribution in [0, 0.1) is 0 Å². The van der Waals surface area contributed by atoms with Gasteiger partial charge in [0.05, 0.1) is 25.2 Å². The number of benzene rings is 2. The molecular formula is C32H48N4+2. The van der Waals surface area contributed by atoms with Crippen molar-refractivity contribution in [2.75, 3.05) is 0 Å². The topological polar surface area (TPSA) is 17.6 Å². The van der Waals surface area contributed by atoms with Gasteiger partial charge in [0.15, 0.2) is 22.1 Å². The van der Waals surface area contributed by atoms with Crippen molar-refractivity contribution in [1.29, 1.82) is 0 Å². The van der Waals surface area contributed by atoms with Crippen LogP contribution in [0.3, 0.4) is 0 Å². The molecule has 4 aromatic rings. The molecule has 194 valence electrons. The lowest BCUT2D eigenvalue weighted by Crippen LogP contribution is -2.32. The molecule has 2 aromatic heterocycles. The highest BCUT2D eigenvalue weighted by atomic mass is 15.2. The molecule has 0 aliphatic rings. The zero-order valence-corrected chi connectivity index (χ0v) is 23.2. The number of hydrogen-bond acceptors (Lipinski definition) is 0. The molecular weight excluding hydrogens is 440 g/mol. The minimum atomic E-state index is 0.502. The van der Waals surface area contributed by atoms with E-state index in [0.29, 0.717) is 12.1 Å². The van der Waals surface area contributed by atoms with Crippen LogP contribution in [-0.2, 0) is 13.1 Å². The van der Waals surface area contributed by atoms with E-state index in [2.05, 4.69) is 107 Å². The quantitative estimate of drug-likeness (QED) is 0.119. The van der Waals surface area contributed by atoms with Crippen LogP contribution >= 0.6 is 0 Å². The van der Waals surface area contributed by atoms with E-state index < -0.39 is 0 Å². The number of nitrogens with zero attached hydrogens (tertiary/aromatic N) is 4. The largest absolute Gasteiger partial charge is 0.244 e. The van der Waals surface area contributed by atoms with Crippen LogP contribution in [0.25, 0.3) is 22.1 Å². The van der Waals surface area contributed by atoms with Gasteiger partial charge in [0.25, 0.3) is 0 Å².